The van der Waals surface area contributed by atoms with Crippen LogP contribution < -0.4 is 4.90 Å². The Balaban J connectivity index is 1.55. The van der Waals surface area contributed by atoms with Crippen LogP contribution in [0.3, 0.4) is 0 Å². The van der Waals surface area contributed by atoms with Gasteiger partial charge in [-0.1, -0.05) is 65.7 Å². The normalized spacial score (nSPS) is 24.8. The summed E-state index contributed by atoms with van der Waals surface area (Å²) in [7, 11) is 0. The van der Waals surface area contributed by atoms with Crippen molar-refractivity contribution in [3.8, 4) is 0 Å². The molecule has 0 aromatic heterocycles. The Labute approximate surface area is 200 Å². The lowest BCUT2D eigenvalue weighted by Crippen LogP contribution is -2.51. The zero-order valence-corrected chi connectivity index (χ0v) is 18.8. The number of halogens is 1. The van der Waals surface area contributed by atoms with E-state index in [1.165, 1.54) is 0 Å². The van der Waals surface area contributed by atoms with Crippen molar-refractivity contribution in [1.29, 1.82) is 0 Å². The van der Waals surface area contributed by atoms with Gasteiger partial charge in [0, 0.05) is 16.1 Å². The van der Waals surface area contributed by atoms with Crippen LogP contribution in [-0.2, 0) is 14.3 Å². The van der Waals surface area contributed by atoms with E-state index in [4.69, 9.17) is 16.3 Å². The van der Waals surface area contributed by atoms with Gasteiger partial charge in [0.25, 0.3) is 0 Å². The number of hydrogen-bond donors (Lipinski definition) is 0. The number of hydrogen-bond acceptors (Lipinski definition) is 5. The maximum Gasteiger partial charge on any atom is 0.241 e. The molecule has 3 atom stereocenters. The molecule has 2 fully saturated rings. The lowest BCUT2D eigenvalue weighted by Gasteiger charge is -2.27. The minimum atomic E-state index is -2.09. The summed E-state index contributed by atoms with van der Waals surface area (Å²) in [6, 6.07) is 20.1. The standard InChI is InChI=1S/C27H18ClNO5/c1-14-9-11-17(12-10-14)29-25(32)20-21(26(29)33)27(34-22(20)15-5-4-6-16(28)13-15)23(30)18-7-2-3-8-19(18)24(27)31/h2-13,20-22H,1H3/t20-,21+,22-/m0/s1. The number of anilines is 1. The molecule has 0 radical (unpaired) electrons. The van der Waals surface area contributed by atoms with Gasteiger partial charge in [0.05, 0.1) is 23.6 Å². The summed E-state index contributed by atoms with van der Waals surface area (Å²) in [6.45, 7) is 1.90. The number of ether oxygens (including phenoxy) is 1. The largest absolute Gasteiger partial charge is 0.349 e. The topological polar surface area (TPSA) is 80.8 Å². The zero-order chi connectivity index (χ0) is 23.8. The number of carbonyl (C=O) groups is 4. The molecular formula is C27H18ClNO5. The highest BCUT2D eigenvalue weighted by atomic mass is 35.5. The molecule has 3 aromatic rings. The van der Waals surface area contributed by atoms with Crippen LogP contribution in [0.25, 0.3) is 0 Å². The Kier molecular flexibility index (Phi) is 4.43. The molecule has 2 heterocycles. The molecule has 1 aliphatic carbocycles. The summed E-state index contributed by atoms with van der Waals surface area (Å²) in [5, 5.41) is 0.415. The molecule has 2 aliphatic heterocycles. The molecule has 0 saturated carbocycles. The molecule has 0 unspecified atom stereocenters. The molecule has 6 rings (SSSR count). The quantitative estimate of drug-likeness (QED) is 0.410. The number of ketones is 2. The minimum absolute atomic E-state index is 0.201. The number of rotatable bonds is 2. The second kappa shape index (κ2) is 7.19. The van der Waals surface area contributed by atoms with Gasteiger partial charge >= 0.3 is 0 Å². The number of carbonyl (C=O) groups excluding carboxylic acids is 4. The lowest BCUT2D eigenvalue weighted by atomic mass is 9.77. The van der Waals surface area contributed by atoms with Gasteiger partial charge < -0.3 is 4.74 Å². The average Bonchev–Trinajstić information content (AvgIpc) is 3.40. The van der Waals surface area contributed by atoms with Crippen LogP contribution in [0.2, 0.25) is 5.02 Å². The number of fused-ring (bicyclic) bond motifs is 3. The van der Waals surface area contributed by atoms with E-state index in [0.717, 1.165) is 10.5 Å². The number of aryl methyl sites for hydroxylation is 1. The predicted molar refractivity (Wildman–Crippen MR) is 124 cm³/mol. The first-order valence-corrected chi connectivity index (χ1v) is 11.3. The summed E-state index contributed by atoms with van der Waals surface area (Å²) < 4.78 is 6.24. The monoisotopic (exact) mass is 471 g/mol. The summed E-state index contributed by atoms with van der Waals surface area (Å²) in [5.74, 6) is -4.61. The van der Waals surface area contributed by atoms with E-state index in [0.29, 0.717) is 16.3 Å². The second-order valence-corrected chi connectivity index (χ2v) is 9.32. The van der Waals surface area contributed by atoms with Crippen molar-refractivity contribution in [2.75, 3.05) is 4.90 Å². The summed E-state index contributed by atoms with van der Waals surface area (Å²) in [5.41, 5.74) is 0.205. The Morgan fingerprint density at radius 2 is 1.47 bits per heavy atom. The highest BCUT2D eigenvalue weighted by molar-refractivity contribution is 6.37. The molecule has 3 aromatic carbocycles. The molecule has 1 spiro atoms. The highest BCUT2D eigenvalue weighted by Crippen LogP contribution is 2.57. The fourth-order valence-electron chi connectivity index (χ4n) is 5.45. The van der Waals surface area contributed by atoms with Crippen molar-refractivity contribution in [3.05, 3.63) is 100 Å². The van der Waals surface area contributed by atoms with E-state index in [-0.39, 0.29) is 11.1 Å². The molecule has 7 heteroatoms. The van der Waals surface area contributed by atoms with E-state index in [2.05, 4.69) is 0 Å². The van der Waals surface area contributed by atoms with Crippen LogP contribution in [0.4, 0.5) is 5.69 Å². The van der Waals surface area contributed by atoms with Crippen molar-refractivity contribution in [2.24, 2.45) is 11.8 Å². The van der Waals surface area contributed by atoms with Crippen molar-refractivity contribution in [3.63, 3.8) is 0 Å². The van der Waals surface area contributed by atoms with Crippen LogP contribution in [0.1, 0.15) is 37.9 Å². The first kappa shape index (κ1) is 21.0. The van der Waals surface area contributed by atoms with Crippen molar-refractivity contribution in [2.45, 2.75) is 18.6 Å². The fourth-order valence-corrected chi connectivity index (χ4v) is 5.65. The van der Waals surface area contributed by atoms with E-state index in [1.807, 2.05) is 6.92 Å². The third kappa shape index (κ3) is 2.61. The molecule has 6 nitrogen and oxygen atoms in total. The molecule has 168 valence electrons. The number of Topliss-reactive ketones (excluding diaryl/α,β-unsaturated/α-hetero) is 2. The predicted octanol–water partition coefficient (Wildman–Crippen LogP) is 4.34. The minimum Gasteiger partial charge on any atom is -0.349 e. The van der Waals surface area contributed by atoms with E-state index in [1.54, 1.807) is 72.8 Å². The van der Waals surface area contributed by atoms with Gasteiger partial charge in [-0.05, 0) is 36.8 Å². The molecule has 0 bridgehead atoms. The summed E-state index contributed by atoms with van der Waals surface area (Å²) in [6.07, 6.45) is -0.988. The van der Waals surface area contributed by atoms with Gasteiger partial charge in [0.1, 0.15) is 0 Å². The SMILES string of the molecule is Cc1ccc(N2C(=O)[C@@H]3[C@H](c4cccc(Cl)c4)OC4(C(=O)c5ccccc5C4=O)[C@H]3C2=O)cc1. The average molecular weight is 472 g/mol. The van der Waals surface area contributed by atoms with Gasteiger partial charge in [-0.25, -0.2) is 4.90 Å². The molecule has 2 saturated heterocycles. The Hall–Kier alpha value is -3.61. The van der Waals surface area contributed by atoms with Crippen molar-refractivity contribution >= 4 is 40.7 Å². The third-order valence-electron chi connectivity index (χ3n) is 6.99. The Morgan fingerprint density at radius 1 is 0.824 bits per heavy atom. The fraction of sp³-hybridized carbons (Fsp3) is 0.185. The van der Waals surface area contributed by atoms with Crippen LogP contribution in [0.15, 0.2) is 72.8 Å². The van der Waals surface area contributed by atoms with Crippen molar-refractivity contribution in [1.82, 2.24) is 0 Å². The summed E-state index contributed by atoms with van der Waals surface area (Å²) in [4.78, 5) is 56.1. The van der Waals surface area contributed by atoms with Gasteiger partial charge in [0.15, 0.2) is 0 Å². The van der Waals surface area contributed by atoms with Crippen LogP contribution in [-0.4, -0.2) is 29.0 Å². The van der Waals surface area contributed by atoms with Gasteiger partial charge in [-0.15, -0.1) is 0 Å². The lowest BCUT2D eigenvalue weighted by molar-refractivity contribution is -0.127. The number of benzene rings is 3. The van der Waals surface area contributed by atoms with Crippen LogP contribution >= 0.6 is 11.6 Å². The first-order chi connectivity index (χ1) is 16.3. The van der Waals surface area contributed by atoms with Crippen molar-refractivity contribution < 1.29 is 23.9 Å². The number of amides is 2. The van der Waals surface area contributed by atoms with E-state index < -0.39 is 46.9 Å². The second-order valence-electron chi connectivity index (χ2n) is 8.88. The number of nitrogens with zero attached hydrogens (tertiary/aromatic N) is 1. The van der Waals surface area contributed by atoms with Gasteiger partial charge in [-0.3, -0.25) is 19.2 Å². The maximum absolute atomic E-state index is 13.8. The first-order valence-electron chi connectivity index (χ1n) is 10.9. The molecule has 3 aliphatic rings. The Morgan fingerprint density at radius 3 is 2.09 bits per heavy atom. The molecule has 2 amide bonds. The molecule has 34 heavy (non-hydrogen) atoms. The van der Waals surface area contributed by atoms with Crippen LogP contribution in [0.5, 0.6) is 0 Å². The summed E-state index contributed by atoms with van der Waals surface area (Å²) >= 11 is 6.20. The van der Waals surface area contributed by atoms with E-state index in [9.17, 15) is 19.2 Å². The maximum atomic E-state index is 13.8. The van der Waals surface area contributed by atoms with Crippen LogP contribution in [0, 0.1) is 18.8 Å². The Bertz CT molecular complexity index is 1380. The highest BCUT2D eigenvalue weighted by Gasteiger charge is 2.74. The number of imide groups is 1. The smallest absolute Gasteiger partial charge is 0.241 e. The zero-order valence-electron chi connectivity index (χ0n) is 18.0. The van der Waals surface area contributed by atoms with Gasteiger partial charge in [-0.2, -0.15) is 0 Å². The molecular weight excluding hydrogens is 454 g/mol. The van der Waals surface area contributed by atoms with Gasteiger partial charge in [0.2, 0.25) is 29.0 Å². The molecule has 0 N–H and O–H groups in total. The van der Waals surface area contributed by atoms with E-state index >= 15 is 0 Å². The third-order valence-corrected chi connectivity index (χ3v) is 7.22.